The molecule has 0 unspecified atom stereocenters. The van der Waals surface area contributed by atoms with Crippen molar-refractivity contribution in [3.8, 4) is 0 Å². The third kappa shape index (κ3) is 4.41. The highest BCUT2D eigenvalue weighted by molar-refractivity contribution is 6.28. The van der Waals surface area contributed by atoms with Crippen LogP contribution in [0.5, 0.6) is 0 Å². The first-order valence-corrected chi connectivity index (χ1v) is 9.21. The maximum Gasteiger partial charge on any atom is 0.408 e. The first-order chi connectivity index (χ1) is 13.0. The molecule has 1 amide bonds. The Morgan fingerprint density at radius 2 is 2.11 bits per heavy atom. The Morgan fingerprint density at radius 1 is 1.39 bits per heavy atom. The van der Waals surface area contributed by atoms with Crippen molar-refractivity contribution in [1.29, 1.82) is 0 Å². The SMILES string of the molecule is CC(C)(C)OC(=O)N[C@]1(C)CCN(c2nc(Cl)nc3cc([N+](=O)[O-])ccc23)C1. The van der Waals surface area contributed by atoms with Gasteiger partial charge >= 0.3 is 6.09 Å². The summed E-state index contributed by atoms with van der Waals surface area (Å²) in [6.07, 6.45) is 0.209. The molecule has 0 radical (unpaired) electrons. The molecule has 1 aliphatic heterocycles. The summed E-state index contributed by atoms with van der Waals surface area (Å²) in [5.41, 5.74) is -0.750. The van der Waals surface area contributed by atoms with Crippen molar-refractivity contribution in [1.82, 2.24) is 15.3 Å². The van der Waals surface area contributed by atoms with Crippen molar-refractivity contribution in [3.05, 3.63) is 33.6 Å². The number of aromatic nitrogens is 2. The number of carbonyl (C=O) groups excluding carboxylic acids is 1. The molecule has 0 aliphatic carbocycles. The van der Waals surface area contributed by atoms with Crippen molar-refractivity contribution in [2.75, 3.05) is 18.0 Å². The Kier molecular flexibility index (Phi) is 5.05. The molecule has 2 heterocycles. The molecule has 1 atom stereocenters. The fraction of sp³-hybridized carbons (Fsp3) is 0.500. The molecule has 1 saturated heterocycles. The number of hydrogen-bond acceptors (Lipinski definition) is 7. The summed E-state index contributed by atoms with van der Waals surface area (Å²) >= 11 is 6.05. The highest BCUT2D eigenvalue weighted by atomic mass is 35.5. The van der Waals surface area contributed by atoms with E-state index in [9.17, 15) is 14.9 Å². The fourth-order valence-electron chi connectivity index (χ4n) is 3.22. The topological polar surface area (TPSA) is 110 Å². The van der Waals surface area contributed by atoms with Crippen molar-refractivity contribution < 1.29 is 14.5 Å². The number of rotatable bonds is 3. The van der Waals surface area contributed by atoms with Gasteiger partial charge in [0.05, 0.1) is 16.0 Å². The number of nitrogens with one attached hydrogen (secondary N) is 1. The highest BCUT2D eigenvalue weighted by Crippen LogP contribution is 2.33. The van der Waals surface area contributed by atoms with Gasteiger partial charge in [0.15, 0.2) is 0 Å². The summed E-state index contributed by atoms with van der Waals surface area (Å²) in [6, 6.07) is 4.41. The van der Waals surface area contributed by atoms with Crippen molar-refractivity contribution >= 4 is 40.1 Å². The summed E-state index contributed by atoms with van der Waals surface area (Å²) in [5.74, 6) is 0.583. The lowest BCUT2D eigenvalue weighted by atomic mass is 10.0. The Hall–Kier alpha value is -2.68. The number of nitrogens with zero attached hydrogens (tertiary/aromatic N) is 4. The second kappa shape index (κ2) is 7.05. The number of nitro benzene ring substituents is 1. The molecule has 150 valence electrons. The molecular weight excluding hydrogens is 386 g/mol. The molecule has 0 bridgehead atoms. The fourth-order valence-corrected chi connectivity index (χ4v) is 3.39. The van der Waals surface area contributed by atoms with Gasteiger partial charge in [-0.1, -0.05) is 0 Å². The first kappa shape index (κ1) is 20.1. The molecule has 1 aromatic carbocycles. The number of amides is 1. The second-order valence-electron chi connectivity index (χ2n) is 8.13. The van der Waals surface area contributed by atoms with Gasteiger partial charge in [0.25, 0.3) is 5.69 Å². The molecule has 3 rings (SSSR count). The number of halogens is 1. The van der Waals surface area contributed by atoms with Gasteiger partial charge in [-0.05, 0) is 51.8 Å². The van der Waals surface area contributed by atoms with Crippen LogP contribution in [-0.2, 0) is 4.74 Å². The van der Waals surface area contributed by atoms with Crippen LogP contribution < -0.4 is 10.2 Å². The van der Waals surface area contributed by atoms with Crippen molar-refractivity contribution in [2.45, 2.75) is 45.3 Å². The van der Waals surface area contributed by atoms with E-state index in [0.29, 0.717) is 36.2 Å². The van der Waals surface area contributed by atoms with Crippen LogP contribution in [0.4, 0.5) is 16.3 Å². The van der Waals surface area contributed by atoms with E-state index in [-0.39, 0.29) is 11.0 Å². The highest BCUT2D eigenvalue weighted by Gasteiger charge is 2.37. The summed E-state index contributed by atoms with van der Waals surface area (Å²) in [4.78, 5) is 33.1. The lowest BCUT2D eigenvalue weighted by molar-refractivity contribution is -0.384. The quantitative estimate of drug-likeness (QED) is 0.469. The van der Waals surface area contributed by atoms with E-state index in [0.717, 1.165) is 0 Å². The van der Waals surface area contributed by atoms with Gasteiger partial charge in [-0.15, -0.1) is 0 Å². The molecule has 1 aromatic heterocycles. The van der Waals surface area contributed by atoms with Gasteiger partial charge in [0.1, 0.15) is 11.4 Å². The maximum absolute atomic E-state index is 12.2. The standard InChI is InChI=1S/C18H22ClN5O4/c1-17(2,3)28-16(25)22-18(4)7-8-23(10-18)14-12-6-5-11(24(26)27)9-13(12)20-15(19)21-14/h5-6,9H,7-8,10H2,1-4H3,(H,22,25)/t18-/m1/s1. The van der Waals surface area contributed by atoms with E-state index >= 15 is 0 Å². The number of nitro groups is 1. The summed E-state index contributed by atoms with van der Waals surface area (Å²) in [6.45, 7) is 8.49. The molecule has 1 N–H and O–H groups in total. The van der Waals surface area contributed by atoms with Crippen LogP contribution in [-0.4, -0.2) is 45.2 Å². The number of ether oxygens (including phenoxy) is 1. The maximum atomic E-state index is 12.2. The minimum Gasteiger partial charge on any atom is -0.444 e. The Bertz CT molecular complexity index is 945. The van der Waals surface area contributed by atoms with Crippen LogP contribution in [0.3, 0.4) is 0 Å². The number of carbonyl (C=O) groups is 1. The van der Waals surface area contributed by atoms with Gasteiger partial charge in [-0.25, -0.2) is 9.78 Å². The van der Waals surface area contributed by atoms with E-state index in [2.05, 4.69) is 15.3 Å². The molecule has 0 spiro atoms. The van der Waals surface area contributed by atoms with E-state index in [1.54, 1.807) is 6.07 Å². The van der Waals surface area contributed by atoms with Gasteiger partial charge in [0, 0.05) is 30.6 Å². The number of alkyl carbamates (subject to hydrolysis) is 1. The zero-order valence-corrected chi connectivity index (χ0v) is 16.9. The van der Waals surface area contributed by atoms with Crippen LogP contribution in [0.2, 0.25) is 5.28 Å². The van der Waals surface area contributed by atoms with Crippen LogP contribution in [0.1, 0.15) is 34.1 Å². The molecular formula is C18H22ClN5O4. The number of hydrogen-bond donors (Lipinski definition) is 1. The summed E-state index contributed by atoms with van der Waals surface area (Å²) < 4.78 is 5.35. The largest absolute Gasteiger partial charge is 0.444 e. The molecule has 10 heteroatoms. The van der Waals surface area contributed by atoms with Crippen molar-refractivity contribution in [2.24, 2.45) is 0 Å². The average Bonchev–Trinajstić information content (AvgIpc) is 2.92. The van der Waals surface area contributed by atoms with Crippen LogP contribution in [0.15, 0.2) is 18.2 Å². The molecule has 28 heavy (non-hydrogen) atoms. The molecule has 9 nitrogen and oxygen atoms in total. The minimum absolute atomic E-state index is 0.0108. The molecule has 0 saturated carbocycles. The normalized spacial score (nSPS) is 19.7. The number of benzene rings is 1. The first-order valence-electron chi connectivity index (χ1n) is 8.84. The van der Waals surface area contributed by atoms with Gasteiger partial charge in [-0.3, -0.25) is 10.1 Å². The zero-order chi connectivity index (χ0) is 20.7. The Balaban J connectivity index is 1.86. The van der Waals surface area contributed by atoms with Gasteiger partial charge in [0.2, 0.25) is 5.28 Å². The minimum atomic E-state index is -0.580. The van der Waals surface area contributed by atoms with Gasteiger partial charge < -0.3 is 15.0 Å². The second-order valence-corrected chi connectivity index (χ2v) is 8.47. The smallest absolute Gasteiger partial charge is 0.408 e. The molecule has 1 fully saturated rings. The van der Waals surface area contributed by atoms with E-state index < -0.39 is 22.2 Å². The Labute approximate surface area is 167 Å². The average molecular weight is 408 g/mol. The number of fused-ring (bicyclic) bond motifs is 1. The lowest BCUT2D eigenvalue weighted by Gasteiger charge is -2.28. The third-order valence-corrected chi connectivity index (χ3v) is 4.59. The molecule has 2 aromatic rings. The van der Waals surface area contributed by atoms with Crippen molar-refractivity contribution in [3.63, 3.8) is 0 Å². The summed E-state index contributed by atoms with van der Waals surface area (Å²) in [7, 11) is 0. The van der Waals surface area contributed by atoms with Crippen LogP contribution >= 0.6 is 11.6 Å². The number of anilines is 1. The predicted molar refractivity (Wildman–Crippen MR) is 106 cm³/mol. The predicted octanol–water partition coefficient (Wildman–Crippen LogP) is 3.68. The molecule has 1 aliphatic rings. The Morgan fingerprint density at radius 3 is 2.75 bits per heavy atom. The number of non-ortho nitro benzene ring substituents is 1. The monoisotopic (exact) mass is 407 g/mol. The third-order valence-electron chi connectivity index (χ3n) is 4.42. The van der Waals surface area contributed by atoms with E-state index in [4.69, 9.17) is 16.3 Å². The zero-order valence-electron chi connectivity index (χ0n) is 16.2. The van der Waals surface area contributed by atoms with E-state index in [1.807, 2.05) is 32.6 Å². The van der Waals surface area contributed by atoms with Crippen LogP contribution in [0, 0.1) is 10.1 Å². The van der Waals surface area contributed by atoms with E-state index in [1.165, 1.54) is 12.1 Å². The van der Waals surface area contributed by atoms with Gasteiger partial charge in [-0.2, -0.15) is 4.98 Å². The lowest BCUT2D eigenvalue weighted by Crippen LogP contribution is -2.49. The van der Waals surface area contributed by atoms with Crippen LogP contribution in [0.25, 0.3) is 10.9 Å². The summed E-state index contributed by atoms with van der Waals surface area (Å²) in [5, 5.41) is 14.6.